The van der Waals surface area contributed by atoms with Gasteiger partial charge in [0.25, 0.3) is 0 Å². The highest BCUT2D eigenvalue weighted by Crippen LogP contribution is 2.20. The van der Waals surface area contributed by atoms with Gasteiger partial charge < -0.3 is 9.47 Å². The number of aliphatic imine (C=N–C) groups is 1. The van der Waals surface area contributed by atoms with Gasteiger partial charge in [0.1, 0.15) is 5.75 Å². The highest BCUT2D eigenvalue weighted by molar-refractivity contribution is 7.56. The molecular weight excluding hydrogens is 305 g/mol. The molecule has 0 aliphatic carbocycles. The van der Waals surface area contributed by atoms with E-state index in [-0.39, 0.29) is 12.3 Å². The van der Waals surface area contributed by atoms with Crippen molar-refractivity contribution in [3.8, 4) is 5.75 Å². The van der Waals surface area contributed by atoms with Gasteiger partial charge in [-0.3, -0.25) is 4.99 Å². The van der Waals surface area contributed by atoms with Crippen molar-refractivity contribution in [1.82, 2.24) is 0 Å². The fourth-order valence-electron chi connectivity index (χ4n) is 1.95. The molecule has 2 rings (SSSR count). The number of nitrogens with zero attached hydrogens (tertiary/aromatic N) is 1. The van der Waals surface area contributed by atoms with E-state index in [1.807, 2.05) is 30.5 Å². The standard InChI is InChI=1S/C19H24NO2P/c1-19(2,3)20-13-15-9-5-7-11-17(15)23-18-12-8-6-10-16(18)22-14-21-4/h5-13,23H,14H2,1-4H3/b20-13+. The molecule has 0 radical (unpaired) electrons. The molecule has 0 saturated heterocycles. The van der Waals surface area contributed by atoms with E-state index >= 15 is 0 Å². The van der Waals surface area contributed by atoms with Crippen LogP contribution >= 0.6 is 8.58 Å². The summed E-state index contributed by atoms with van der Waals surface area (Å²) in [6.45, 7) is 6.56. The fourth-order valence-corrected chi connectivity index (χ4v) is 3.17. The molecule has 122 valence electrons. The summed E-state index contributed by atoms with van der Waals surface area (Å²) < 4.78 is 10.7. The Bertz CT molecular complexity index is 662. The van der Waals surface area contributed by atoms with Crippen LogP contribution in [-0.4, -0.2) is 25.7 Å². The van der Waals surface area contributed by atoms with Crippen molar-refractivity contribution >= 4 is 25.4 Å². The van der Waals surface area contributed by atoms with Crippen LogP contribution in [0.2, 0.25) is 0 Å². The van der Waals surface area contributed by atoms with Crippen LogP contribution in [0.25, 0.3) is 0 Å². The van der Waals surface area contributed by atoms with Gasteiger partial charge in [0.2, 0.25) is 0 Å². The van der Waals surface area contributed by atoms with Crippen molar-refractivity contribution in [2.75, 3.05) is 13.9 Å². The van der Waals surface area contributed by atoms with Crippen LogP contribution in [0.3, 0.4) is 0 Å². The maximum atomic E-state index is 5.66. The van der Waals surface area contributed by atoms with Crippen LogP contribution in [0.1, 0.15) is 26.3 Å². The molecule has 2 aromatic rings. The average Bonchev–Trinajstić information content (AvgIpc) is 2.52. The highest BCUT2D eigenvalue weighted by Gasteiger charge is 2.09. The normalized spacial score (nSPS) is 12.3. The van der Waals surface area contributed by atoms with Gasteiger partial charge in [-0.05, 0) is 32.1 Å². The molecule has 0 aromatic heterocycles. The number of benzene rings is 2. The number of para-hydroxylation sites is 1. The number of ether oxygens (including phenoxy) is 2. The lowest BCUT2D eigenvalue weighted by Gasteiger charge is -2.14. The summed E-state index contributed by atoms with van der Waals surface area (Å²) in [4.78, 5) is 4.63. The minimum Gasteiger partial charge on any atom is -0.467 e. The van der Waals surface area contributed by atoms with E-state index in [0.717, 1.165) is 11.3 Å². The van der Waals surface area contributed by atoms with Crippen LogP contribution < -0.4 is 15.3 Å². The van der Waals surface area contributed by atoms with Crippen molar-refractivity contribution in [3.63, 3.8) is 0 Å². The lowest BCUT2D eigenvalue weighted by Crippen LogP contribution is -2.14. The van der Waals surface area contributed by atoms with Crippen LogP contribution in [0.15, 0.2) is 53.5 Å². The Balaban J connectivity index is 2.26. The van der Waals surface area contributed by atoms with Gasteiger partial charge in [0, 0.05) is 24.2 Å². The van der Waals surface area contributed by atoms with E-state index in [0.29, 0.717) is 8.58 Å². The van der Waals surface area contributed by atoms with Crippen molar-refractivity contribution in [3.05, 3.63) is 54.1 Å². The second-order valence-electron chi connectivity index (χ2n) is 6.19. The molecule has 0 saturated carbocycles. The average molecular weight is 329 g/mol. The van der Waals surface area contributed by atoms with Gasteiger partial charge in [0.05, 0.1) is 5.54 Å². The third-order valence-electron chi connectivity index (χ3n) is 3.04. The molecule has 0 N–H and O–H groups in total. The van der Waals surface area contributed by atoms with Gasteiger partial charge >= 0.3 is 0 Å². The Labute approximate surface area is 140 Å². The molecule has 1 unspecified atom stereocenters. The molecule has 3 nitrogen and oxygen atoms in total. The monoisotopic (exact) mass is 329 g/mol. The molecule has 1 atom stereocenters. The van der Waals surface area contributed by atoms with E-state index < -0.39 is 0 Å². The molecule has 2 aromatic carbocycles. The minimum atomic E-state index is -0.0737. The maximum absolute atomic E-state index is 5.66. The molecule has 0 spiro atoms. The molecule has 0 aliphatic rings. The SMILES string of the molecule is COCOc1ccccc1Pc1ccccc1/C=N/C(C)(C)C. The topological polar surface area (TPSA) is 30.8 Å². The molecule has 0 fully saturated rings. The summed E-state index contributed by atoms with van der Waals surface area (Å²) in [5, 5.41) is 2.43. The molecule has 23 heavy (non-hydrogen) atoms. The lowest BCUT2D eigenvalue weighted by atomic mass is 10.1. The Morgan fingerprint density at radius 1 is 1.00 bits per heavy atom. The number of hydrogen-bond donors (Lipinski definition) is 0. The van der Waals surface area contributed by atoms with Crippen LogP contribution in [0, 0.1) is 0 Å². The predicted octanol–water partition coefficient (Wildman–Crippen LogP) is 3.52. The Kier molecular flexibility index (Phi) is 6.32. The van der Waals surface area contributed by atoms with Crippen molar-refractivity contribution in [1.29, 1.82) is 0 Å². The summed E-state index contributed by atoms with van der Waals surface area (Å²) in [5.41, 5.74) is 1.08. The first kappa shape index (κ1) is 17.7. The van der Waals surface area contributed by atoms with Gasteiger partial charge in [-0.1, -0.05) is 51.0 Å². The Hall–Kier alpha value is -1.70. The summed E-state index contributed by atoms with van der Waals surface area (Å²) in [7, 11) is 2.14. The van der Waals surface area contributed by atoms with Crippen LogP contribution in [0.4, 0.5) is 0 Å². The van der Waals surface area contributed by atoms with E-state index in [9.17, 15) is 0 Å². The summed E-state index contributed by atoms with van der Waals surface area (Å²) in [6.07, 6.45) is 1.97. The number of methoxy groups -OCH3 is 1. The van der Waals surface area contributed by atoms with Crippen molar-refractivity contribution in [2.24, 2.45) is 4.99 Å². The molecule has 0 bridgehead atoms. The van der Waals surface area contributed by atoms with Crippen molar-refractivity contribution in [2.45, 2.75) is 26.3 Å². The molecule has 0 amide bonds. The highest BCUT2D eigenvalue weighted by atomic mass is 31.1. The zero-order valence-electron chi connectivity index (χ0n) is 14.2. The van der Waals surface area contributed by atoms with Gasteiger partial charge in [-0.25, -0.2) is 0 Å². The van der Waals surface area contributed by atoms with Gasteiger partial charge in [-0.2, -0.15) is 0 Å². The summed E-state index contributed by atoms with van der Waals surface area (Å²) in [5.74, 6) is 0.871. The first-order chi connectivity index (χ1) is 11.0. The Morgan fingerprint density at radius 2 is 1.65 bits per heavy atom. The first-order valence-electron chi connectivity index (χ1n) is 7.61. The van der Waals surface area contributed by atoms with Gasteiger partial charge in [0.15, 0.2) is 6.79 Å². The number of rotatable bonds is 6. The zero-order valence-corrected chi connectivity index (χ0v) is 15.2. The molecule has 0 heterocycles. The lowest BCUT2D eigenvalue weighted by molar-refractivity contribution is 0.0519. The van der Waals surface area contributed by atoms with E-state index in [4.69, 9.17) is 9.47 Å². The molecule has 0 aliphatic heterocycles. The quantitative estimate of drug-likeness (QED) is 0.461. The third-order valence-corrected chi connectivity index (χ3v) is 4.45. The maximum Gasteiger partial charge on any atom is 0.188 e. The third kappa shape index (κ3) is 5.78. The summed E-state index contributed by atoms with van der Waals surface area (Å²) in [6, 6.07) is 16.5. The van der Waals surface area contributed by atoms with Crippen LogP contribution in [0.5, 0.6) is 5.75 Å². The van der Waals surface area contributed by atoms with Gasteiger partial charge in [-0.15, -0.1) is 0 Å². The fraction of sp³-hybridized carbons (Fsp3) is 0.316. The molecular formula is C19H24NO2P. The predicted molar refractivity (Wildman–Crippen MR) is 100 cm³/mol. The smallest absolute Gasteiger partial charge is 0.188 e. The minimum absolute atomic E-state index is 0.0737. The largest absolute Gasteiger partial charge is 0.467 e. The first-order valence-corrected chi connectivity index (χ1v) is 8.61. The second-order valence-corrected chi connectivity index (χ2v) is 7.52. The van der Waals surface area contributed by atoms with Crippen molar-refractivity contribution < 1.29 is 9.47 Å². The summed E-state index contributed by atoms with van der Waals surface area (Å²) >= 11 is 0. The van der Waals surface area contributed by atoms with E-state index in [2.05, 4.69) is 50.0 Å². The zero-order chi connectivity index (χ0) is 16.7. The second kappa shape index (κ2) is 8.24. The van der Waals surface area contributed by atoms with E-state index in [1.165, 1.54) is 10.6 Å². The number of hydrogen-bond acceptors (Lipinski definition) is 3. The molecule has 4 heteroatoms. The van der Waals surface area contributed by atoms with E-state index in [1.54, 1.807) is 7.11 Å². The van der Waals surface area contributed by atoms with Crippen LogP contribution in [-0.2, 0) is 4.74 Å². The Morgan fingerprint density at radius 3 is 2.35 bits per heavy atom.